The second kappa shape index (κ2) is 7.84. The summed E-state index contributed by atoms with van der Waals surface area (Å²) in [5.74, 6) is -0.883. The molecule has 1 aliphatic heterocycles. The number of benzene rings is 1. The number of hydrogen-bond acceptors (Lipinski definition) is 4. The molecular formula is C20H23FN4O2. The zero-order valence-electron chi connectivity index (χ0n) is 15.8. The van der Waals surface area contributed by atoms with E-state index in [9.17, 15) is 14.0 Å². The molecule has 2 aromatic rings. The van der Waals surface area contributed by atoms with Gasteiger partial charge in [-0.1, -0.05) is 0 Å². The summed E-state index contributed by atoms with van der Waals surface area (Å²) < 4.78 is 14.2. The topological polar surface area (TPSA) is 65.5 Å². The molecule has 2 amide bonds. The molecular weight excluding hydrogens is 347 g/mol. The van der Waals surface area contributed by atoms with Gasteiger partial charge in [-0.25, -0.2) is 4.39 Å². The van der Waals surface area contributed by atoms with Crippen LogP contribution in [0.3, 0.4) is 0 Å². The van der Waals surface area contributed by atoms with E-state index in [0.29, 0.717) is 35.5 Å². The van der Waals surface area contributed by atoms with E-state index in [1.807, 2.05) is 11.9 Å². The van der Waals surface area contributed by atoms with Crippen molar-refractivity contribution >= 4 is 11.8 Å². The smallest absolute Gasteiger partial charge is 0.255 e. The summed E-state index contributed by atoms with van der Waals surface area (Å²) in [6, 6.07) is 6.22. The molecule has 3 rings (SSSR count). The molecule has 1 aromatic carbocycles. The third-order valence-electron chi connectivity index (χ3n) is 4.91. The van der Waals surface area contributed by atoms with Crippen LogP contribution in [-0.4, -0.2) is 66.9 Å². The normalized spacial score (nSPS) is 14.9. The van der Waals surface area contributed by atoms with Crippen molar-refractivity contribution in [1.29, 1.82) is 0 Å². The van der Waals surface area contributed by atoms with Crippen LogP contribution in [0.5, 0.6) is 0 Å². The van der Waals surface area contributed by atoms with E-state index in [-0.39, 0.29) is 17.4 Å². The Bertz CT molecular complexity index is 859. The second-order valence-corrected chi connectivity index (χ2v) is 6.74. The van der Waals surface area contributed by atoms with Crippen LogP contribution in [0.2, 0.25) is 0 Å². The summed E-state index contributed by atoms with van der Waals surface area (Å²) in [5.41, 5.74) is 2.20. The number of amides is 2. The number of likely N-dealkylation sites (N-methyl/N-ethyl adjacent to an activating group) is 1. The first-order valence-electron chi connectivity index (χ1n) is 8.87. The van der Waals surface area contributed by atoms with E-state index < -0.39 is 5.82 Å². The zero-order valence-corrected chi connectivity index (χ0v) is 15.8. The van der Waals surface area contributed by atoms with Gasteiger partial charge >= 0.3 is 0 Å². The van der Waals surface area contributed by atoms with Gasteiger partial charge in [0.15, 0.2) is 0 Å². The van der Waals surface area contributed by atoms with Crippen molar-refractivity contribution < 1.29 is 14.0 Å². The van der Waals surface area contributed by atoms with Gasteiger partial charge in [0.05, 0.1) is 11.3 Å². The van der Waals surface area contributed by atoms with Gasteiger partial charge in [-0.15, -0.1) is 0 Å². The average Bonchev–Trinajstić information content (AvgIpc) is 2.69. The molecule has 0 aliphatic carbocycles. The maximum Gasteiger partial charge on any atom is 0.255 e. The monoisotopic (exact) mass is 370 g/mol. The van der Waals surface area contributed by atoms with Crippen LogP contribution < -0.4 is 5.32 Å². The van der Waals surface area contributed by atoms with Crippen molar-refractivity contribution in [2.75, 3.05) is 40.3 Å². The van der Waals surface area contributed by atoms with Gasteiger partial charge in [0.1, 0.15) is 5.82 Å². The van der Waals surface area contributed by atoms with Gasteiger partial charge in [-0.3, -0.25) is 14.6 Å². The predicted molar refractivity (Wildman–Crippen MR) is 101 cm³/mol. The number of piperazine rings is 1. The van der Waals surface area contributed by atoms with E-state index in [4.69, 9.17) is 0 Å². The fourth-order valence-electron chi connectivity index (χ4n) is 3.09. The summed E-state index contributed by atoms with van der Waals surface area (Å²) in [4.78, 5) is 32.8. The summed E-state index contributed by atoms with van der Waals surface area (Å²) in [5, 5.41) is 2.49. The quantitative estimate of drug-likeness (QED) is 0.897. The molecule has 142 valence electrons. The summed E-state index contributed by atoms with van der Waals surface area (Å²) in [6.07, 6.45) is 1.51. The third-order valence-corrected chi connectivity index (χ3v) is 4.91. The molecule has 1 aliphatic rings. The molecule has 0 bridgehead atoms. The van der Waals surface area contributed by atoms with Crippen LogP contribution in [0, 0.1) is 12.7 Å². The summed E-state index contributed by atoms with van der Waals surface area (Å²) in [6.45, 7) is 4.72. The molecule has 1 aromatic heterocycles. The number of halogens is 1. The van der Waals surface area contributed by atoms with Crippen molar-refractivity contribution in [2.24, 2.45) is 0 Å². The number of aromatic nitrogens is 1. The minimum atomic E-state index is -0.467. The molecule has 0 radical (unpaired) electrons. The number of pyridine rings is 1. The Morgan fingerprint density at radius 1 is 1.11 bits per heavy atom. The highest BCUT2D eigenvalue weighted by Gasteiger charge is 2.21. The van der Waals surface area contributed by atoms with Gasteiger partial charge in [0.2, 0.25) is 0 Å². The van der Waals surface area contributed by atoms with E-state index in [2.05, 4.69) is 15.2 Å². The minimum absolute atomic E-state index is 0.0517. The van der Waals surface area contributed by atoms with Crippen LogP contribution in [-0.2, 0) is 0 Å². The Hall–Kier alpha value is -2.80. The van der Waals surface area contributed by atoms with E-state index in [1.165, 1.54) is 19.3 Å². The number of carbonyl (C=O) groups excluding carboxylic acids is 2. The molecule has 1 fully saturated rings. The lowest BCUT2D eigenvalue weighted by Crippen LogP contribution is -2.47. The fourth-order valence-corrected chi connectivity index (χ4v) is 3.09. The van der Waals surface area contributed by atoms with Crippen molar-refractivity contribution in [1.82, 2.24) is 20.1 Å². The number of hydrogen-bond donors (Lipinski definition) is 1. The lowest BCUT2D eigenvalue weighted by atomic mass is 10.00. The number of nitrogens with zero attached hydrogens (tertiary/aromatic N) is 3. The second-order valence-electron chi connectivity index (χ2n) is 6.74. The average molecular weight is 370 g/mol. The highest BCUT2D eigenvalue weighted by Crippen LogP contribution is 2.26. The molecule has 1 saturated heterocycles. The highest BCUT2D eigenvalue weighted by atomic mass is 19.1. The Kier molecular flexibility index (Phi) is 5.51. The van der Waals surface area contributed by atoms with Crippen LogP contribution in [0.4, 0.5) is 4.39 Å². The van der Waals surface area contributed by atoms with Crippen molar-refractivity contribution in [2.45, 2.75) is 6.92 Å². The van der Waals surface area contributed by atoms with E-state index >= 15 is 0 Å². The number of nitrogens with one attached hydrogen (secondary N) is 1. The zero-order chi connectivity index (χ0) is 19.6. The summed E-state index contributed by atoms with van der Waals surface area (Å²) >= 11 is 0. The van der Waals surface area contributed by atoms with Crippen molar-refractivity contribution in [3.8, 4) is 11.3 Å². The minimum Gasteiger partial charge on any atom is -0.355 e. The lowest BCUT2D eigenvalue weighted by molar-refractivity contribution is 0.0663. The maximum absolute atomic E-state index is 14.2. The molecule has 27 heavy (non-hydrogen) atoms. The molecule has 0 spiro atoms. The van der Waals surface area contributed by atoms with E-state index in [0.717, 1.165) is 13.1 Å². The standard InChI is InChI=1S/C20H23FN4O2/c1-13-16(10-15(11-17(13)21)19(26)22-2)18-5-4-14(12-23-18)20(27)25-8-6-24(3)7-9-25/h4-5,10-12H,6-9H2,1-3H3,(H,22,26). The highest BCUT2D eigenvalue weighted by molar-refractivity contribution is 5.96. The Balaban J connectivity index is 1.86. The molecule has 2 heterocycles. The van der Waals surface area contributed by atoms with Crippen LogP contribution in [0.25, 0.3) is 11.3 Å². The van der Waals surface area contributed by atoms with Crippen LogP contribution >= 0.6 is 0 Å². The number of rotatable bonds is 3. The van der Waals surface area contributed by atoms with Gasteiger partial charge in [0, 0.05) is 50.6 Å². The maximum atomic E-state index is 14.2. The first-order valence-corrected chi connectivity index (χ1v) is 8.87. The fraction of sp³-hybridized carbons (Fsp3) is 0.350. The molecule has 6 nitrogen and oxygen atoms in total. The van der Waals surface area contributed by atoms with Gasteiger partial charge in [-0.2, -0.15) is 0 Å². The Morgan fingerprint density at radius 2 is 1.81 bits per heavy atom. The third kappa shape index (κ3) is 3.98. The van der Waals surface area contributed by atoms with Crippen LogP contribution in [0.15, 0.2) is 30.5 Å². The number of carbonyl (C=O) groups is 2. The Labute approximate surface area is 158 Å². The molecule has 1 N–H and O–H groups in total. The molecule has 7 heteroatoms. The van der Waals surface area contributed by atoms with E-state index in [1.54, 1.807) is 25.1 Å². The SMILES string of the molecule is CNC(=O)c1cc(F)c(C)c(-c2ccc(C(=O)N3CCN(C)CC3)cn2)c1. The Morgan fingerprint density at radius 3 is 2.41 bits per heavy atom. The summed E-state index contributed by atoms with van der Waals surface area (Å²) in [7, 11) is 3.53. The molecule has 0 saturated carbocycles. The van der Waals surface area contributed by atoms with Gasteiger partial charge < -0.3 is 15.1 Å². The molecule has 0 unspecified atom stereocenters. The lowest BCUT2D eigenvalue weighted by Gasteiger charge is -2.32. The molecule has 0 atom stereocenters. The van der Waals surface area contributed by atoms with Crippen molar-refractivity contribution in [3.63, 3.8) is 0 Å². The first kappa shape index (κ1) is 19.0. The first-order chi connectivity index (χ1) is 12.9. The predicted octanol–water partition coefficient (Wildman–Crippen LogP) is 1.94. The van der Waals surface area contributed by atoms with Crippen LogP contribution in [0.1, 0.15) is 26.3 Å². The van der Waals surface area contributed by atoms with Gasteiger partial charge in [0.25, 0.3) is 11.8 Å². The van der Waals surface area contributed by atoms with Crippen molar-refractivity contribution in [3.05, 3.63) is 53.0 Å². The van der Waals surface area contributed by atoms with Gasteiger partial charge in [-0.05, 0) is 43.8 Å². The largest absolute Gasteiger partial charge is 0.355 e.